The van der Waals surface area contributed by atoms with Crippen molar-refractivity contribution in [2.24, 2.45) is 0 Å². The number of esters is 2. The van der Waals surface area contributed by atoms with Crippen molar-refractivity contribution in [1.29, 1.82) is 0 Å². The molecule has 6 atom stereocenters. The molecule has 0 radical (unpaired) electrons. The zero-order valence-electron chi connectivity index (χ0n) is 28.0. The number of aliphatic hydroxyl groups excluding tert-OH is 4. The summed E-state index contributed by atoms with van der Waals surface area (Å²) >= 11 is 0. The van der Waals surface area contributed by atoms with E-state index in [9.17, 15) is 30.0 Å². The Labute approximate surface area is 280 Å². The number of aliphatic hydroxyl groups is 4. The minimum atomic E-state index is -1.62. The minimum absolute atomic E-state index is 0.0368. The third kappa shape index (κ3) is 20.7. The van der Waals surface area contributed by atoms with Crippen molar-refractivity contribution in [3.05, 3.63) is 85.1 Å². The van der Waals surface area contributed by atoms with E-state index in [2.05, 4.69) is 38.2 Å². The van der Waals surface area contributed by atoms with E-state index in [-0.39, 0.29) is 26.1 Å². The number of carbonyl (C=O) groups is 2. The molecule has 1 saturated heterocycles. The van der Waals surface area contributed by atoms with Crippen LogP contribution >= 0.6 is 0 Å². The van der Waals surface area contributed by atoms with Crippen LogP contribution in [0.5, 0.6) is 0 Å². The van der Waals surface area contributed by atoms with Gasteiger partial charge >= 0.3 is 11.9 Å². The molecule has 1 aliphatic rings. The Morgan fingerprint density at radius 3 is 2.02 bits per heavy atom. The fraction of sp³-hybridized carbons (Fsp3) is 0.568. The molecule has 47 heavy (non-hydrogen) atoms. The van der Waals surface area contributed by atoms with E-state index in [4.69, 9.17) is 18.9 Å². The fourth-order valence-corrected chi connectivity index (χ4v) is 4.26. The molecule has 0 spiro atoms. The van der Waals surface area contributed by atoms with E-state index in [0.29, 0.717) is 12.8 Å². The van der Waals surface area contributed by atoms with Gasteiger partial charge in [0.2, 0.25) is 0 Å². The molecule has 3 unspecified atom stereocenters. The lowest BCUT2D eigenvalue weighted by Gasteiger charge is -2.39. The Bertz CT molecular complexity index is 1040. The Hall–Kier alpha value is -3.12. The Kier molecular flexibility index (Phi) is 24.9. The van der Waals surface area contributed by atoms with E-state index in [1.165, 1.54) is 0 Å². The number of hydrogen-bond acceptors (Lipinski definition) is 10. The van der Waals surface area contributed by atoms with Crippen molar-refractivity contribution in [3.8, 4) is 0 Å². The number of rotatable bonds is 24. The minimum Gasteiger partial charge on any atom is -0.461 e. The van der Waals surface area contributed by atoms with Crippen LogP contribution in [0.4, 0.5) is 0 Å². The zero-order chi connectivity index (χ0) is 34.5. The summed E-state index contributed by atoms with van der Waals surface area (Å²) in [6, 6.07) is 0. The number of allylic oxidation sites excluding steroid dienone is 13. The summed E-state index contributed by atoms with van der Waals surface area (Å²) in [5.74, 6) is -1.01. The van der Waals surface area contributed by atoms with Crippen LogP contribution in [-0.4, -0.2) is 89.0 Å². The van der Waals surface area contributed by atoms with E-state index in [0.717, 1.165) is 38.5 Å². The first-order valence-electron chi connectivity index (χ1n) is 16.7. The number of carbonyl (C=O) groups excluding carboxylic acids is 2. The average Bonchev–Trinajstić information content (AvgIpc) is 3.06. The van der Waals surface area contributed by atoms with E-state index >= 15 is 0 Å². The normalized spacial score (nSPS) is 23.1. The second-order valence-corrected chi connectivity index (χ2v) is 11.0. The smallest absolute Gasteiger partial charge is 0.309 e. The first-order valence-corrected chi connectivity index (χ1v) is 16.7. The second-order valence-electron chi connectivity index (χ2n) is 11.0. The topological polar surface area (TPSA) is 152 Å². The monoisotopic (exact) mass is 660 g/mol. The van der Waals surface area contributed by atoms with Crippen LogP contribution in [0.3, 0.4) is 0 Å². The summed E-state index contributed by atoms with van der Waals surface area (Å²) in [6.45, 7) is 2.94. The molecule has 1 heterocycles. The standard InChI is InChI=1S/C37H56O10/c1-3-5-7-9-11-13-14-15-16-18-20-22-24-26-33(40)46-30(29-45-37-36(43)35(42)34(41)31(27-38)47-37)28-44-32(39)25-23-21-19-17-12-10-8-6-4-2/h5-9,11-17,21,23,30-31,34-38,41-43H,3-4,10,18-20,22,24-29H2,1-2H3/b7-5+,8-6+,11-9+,14-13+,16-15+,17-12+,23-21+/t30?,31-,34+,35?,36?,37-/m1/s1. The molecule has 264 valence electrons. The lowest BCUT2D eigenvalue weighted by Crippen LogP contribution is -2.59. The Balaban J connectivity index is 2.56. The molecule has 0 saturated carbocycles. The van der Waals surface area contributed by atoms with Gasteiger partial charge in [-0.1, -0.05) is 105 Å². The molecule has 4 N–H and O–H groups in total. The van der Waals surface area contributed by atoms with Gasteiger partial charge in [-0.2, -0.15) is 0 Å². The molecular weight excluding hydrogens is 604 g/mol. The Morgan fingerprint density at radius 1 is 0.702 bits per heavy atom. The van der Waals surface area contributed by atoms with Crippen LogP contribution in [-0.2, 0) is 28.5 Å². The van der Waals surface area contributed by atoms with Crippen LogP contribution in [0, 0.1) is 0 Å². The third-order valence-corrected chi connectivity index (χ3v) is 6.90. The van der Waals surface area contributed by atoms with Crippen LogP contribution in [0.15, 0.2) is 85.1 Å². The average molecular weight is 661 g/mol. The first kappa shape index (κ1) is 41.9. The quantitative estimate of drug-likeness (QED) is 0.0477. The molecular formula is C37H56O10. The van der Waals surface area contributed by atoms with Crippen molar-refractivity contribution in [1.82, 2.24) is 0 Å². The number of ether oxygens (including phenoxy) is 4. The lowest BCUT2D eigenvalue weighted by molar-refractivity contribution is -0.305. The lowest BCUT2D eigenvalue weighted by atomic mass is 9.99. The molecule has 0 aromatic carbocycles. The highest BCUT2D eigenvalue weighted by Crippen LogP contribution is 2.22. The SMILES string of the molecule is CC/C=C/C=C/C=C/C=C/CCCCCC(=O)OC(COC(=O)C/C=C/C/C=C/C/C=C/CC)CO[C@@H]1O[C@H](CO)[C@H](O)C(O)C1O. The van der Waals surface area contributed by atoms with Gasteiger partial charge in [0.1, 0.15) is 31.0 Å². The van der Waals surface area contributed by atoms with Crippen molar-refractivity contribution < 1.29 is 49.0 Å². The fourth-order valence-electron chi connectivity index (χ4n) is 4.26. The summed E-state index contributed by atoms with van der Waals surface area (Å²) in [6.07, 6.45) is 26.5. The van der Waals surface area contributed by atoms with E-state index in [1.54, 1.807) is 6.08 Å². The molecule has 0 bridgehead atoms. The van der Waals surface area contributed by atoms with Gasteiger partial charge in [0, 0.05) is 6.42 Å². The largest absolute Gasteiger partial charge is 0.461 e. The maximum Gasteiger partial charge on any atom is 0.309 e. The van der Waals surface area contributed by atoms with Crippen LogP contribution in [0.2, 0.25) is 0 Å². The molecule has 10 nitrogen and oxygen atoms in total. The molecule has 0 amide bonds. The molecule has 10 heteroatoms. The van der Waals surface area contributed by atoms with Crippen molar-refractivity contribution in [2.75, 3.05) is 19.8 Å². The van der Waals surface area contributed by atoms with Gasteiger partial charge < -0.3 is 39.4 Å². The maximum absolute atomic E-state index is 12.6. The number of unbranched alkanes of at least 4 members (excludes halogenated alkanes) is 3. The summed E-state index contributed by atoms with van der Waals surface area (Å²) in [5.41, 5.74) is 0. The van der Waals surface area contributed by atoms with Gasteiger partial charge in [-0.05, 0) is 44.9 Å². The zero-order valence-corrected chi connectivity index (χ0v) is 28.0. The van der Waals surface area contributed by atoms with Crippen molar-refractivity contribution in [2.45, 2.75) is 115 Å². The van der Waals surface area contributed by atoms with Gasteiger partial charge in [0.15, 0.2) is 12.4 Å². The van der Waals surface area contributed by atoms with Crippen molar-refractivity contribution in [3.63, 3.8) is 0 Å². The molecule has 1 rings (SSSR count). The first-order chi connectivity index (χ1) is 22.8. The summed E-state index contributed by atoms with van der Waals surface area (Å²) in [4.78, 5) is 24.9. The third-order valence-electron chi connectivity index (χ3n) is 6.90. The van der Waals surface area contributed by atoms with E-state index < -0.39 is 55.4 Å². The molecule has 0 aromatic heterocycles. The highest BCUT2D eigenvalue weighted by atomic mass is 16.7. The van der Waals surface area contributed by atoms with Gasteiger partial charge in [-0.15, -0.1) is 0 Å². The summed E-state index contributed by atoms with van der Waals surface area (Å²) < 4.78 is 21.8. The molecule has 0 aromatic rings. The summed E-state index contributed by atoms with van der Waals surface area (Å²) in [5, 5.41) is 39.7. The highest BCUT2D eigenvalue weighted by Gasteiger charge is 2.44. The maximum atomic E-state index is 12.6. The van der Waals surface area contributed by atoms with E-state index in [1.807, 2.05) is 54.7 Å². The molecule has 1 aliphatic heterocycles. The Morgan fingerprint density at radius 2 is 1.34 bits per heavy atom. The molecule has 1 fully saturated rings. The van der Waals surface area contributed by atoms with Gasteiger partial charge in [0.25, 0.3) is 0 Å². The second kappa shape index (κ2) is 27.9. The predicted molar refractivity (Wildman–Crippen MR) is 182 cm³/mol. The van der Waals surface area contributed by atoms with Gasteiger partial charge in [0.05, 0.1) is 19.6 Å². The highest BCUT2D eigenvalue weighted by molar-refractivity contribution is 5.71. The van der Waals surface area contributed by atoms with Crippen molar-refractivity contribution >= 4 is 11.9 Å². The van der Waals surface area contributed by atoms with Crippen LogP contribution in [0.25, 0.3) is 0 Å². The van der Waals surface area contributed by atoms with Gasteiger partial charge in [-0.25, -0.2) is 0 Å². The predicted octanol–water partition coefficient (Wildman–Crippen LogP) is 5.09. The van der Waals surface area contributed by atoms with Crippen LogP contribution in [0.1, 0.15) is 78.1 Å². The summed E-state index contributed by atoms with van der Waals surface area (Å²) in [7, 11) is 0. The number of hydrogen-bond donors (Lipinski definition) is 4. The molecule has 0 aliphatic carbocycles. The van der Waals surface area contributed by atoms with Gasteiger partial charge in [-0.3, -0.25) is 9.59 Å². The van der Waals surface area contributed by atoms with Crippen LogP contribution < -0.4 is 0 Å².